The van der Waals surface area contributed by atoms with Gasteiger partial charge in [-0.3, -0.25) is 19.3 Å². The van der Waals surface area contributed by atoms with Crippen LogP contribution in [0.2, 0.25) is 0 Å². The smallest absolute Gasteiger partial charge is 0.251 e. The molecule has 2 amide bonds. The van der Waals surface area contributed by atoms with E-state index < -0.39 is 18.2 Å². The Morgan fingerprint density at radius 3 is 2.44 bits per heavy atom. The molecule has 0 aromatic heterocycles. The Morgan fingerprint density at radius 2 is 1.83 bits per heavy atom. The molecule has 36 heavy (non-hydrogen) atoms. The summed E-state index contributed by atoms with van der Waals surface area (Å²) in [7, 11) is 1.56. The summed E-state index contributed by atoms with van der Waals surface area (Å²) in [6.07, 6.45) is 2.58. The molecule has 5 rings (SSSR count). The predicted molar refractivity (Wildman–Crippen MR) is 135 cm³/mol. The second-order valence-electron chi connectivity index (χ2n) is 10.6. The molecule has 0 spiro atoms. The number of Topliss-reactive ketones (excluding diaryl/α,β-unsaturated/α-hetero) is 1. The highest BCUT2D eigenvalue weighted by molar-refractivity contribution is 5.99. The summed E-state index contributed by atoms with van der Waals surface area (Å²) >= 11 is 0. The van der Waals surface area contributed by atoms with E-state index in [0.717, 1.165) is 37.9 Å². The summed E-state index contributed by atoms with van der Waals surface area (Å²) in [5.41, 5.74) is 1.64. The Labute approximate surface area is 213 Å². The van der Waals surface area contributed by atoms with Crippen LogP contribution >= 0.6 is 0 Å². The summed E-state index contributed by atoms with van der Waals surface area (Å²) in [5, 5.41) is 2.97. The third-order valence-corrected chi connectivity index (χ3v) is 8.36. The second kappa shape index (κ2) is 10.5. The Hall–Kier alpha value is -2.49. The lowest BCUT2D eigenvalue weighted by Crippen LogP contribution is -2.54. The number of fused-ring (bicyclic) bond motifs is 1. The van der Waals surface area contributed by atoms with Crippen molar-refractivity contribution in [2.24, 2.45) is 5.92 Å². The van der Waals surface area contributed by atoms with Gasteiger partial charge in [0.1, 0.15) is 30.9 Å². The molecule has 4 aliphatic rings. The topological polar surface area (TPSA) is 91.4 Å². The minimum Gasteiger partial charge on any atom is -0.377 e. The molecule has 3 aliphatic heterocycles. The molecule has 3 saturated heterocycles. The molecule has 196 valence electrons. The number of hydrogen-bond acceptors (Lipinski definition) is 7. The summed E-state index contributed by atoms with van der Waals surface area (Å²) in [5.74, 6) is -0.750. The highest BCUT2D eigenvalue weighted by atomic mass is 16.5. The van der Waals surface area contributed by atoms with Crippen molar-refractivity contribution < 1.29 is 23.9 Å². The van der Waals surface area contributed by atoms with Crippen LogP contribution in [0, 0.1) is 5.92 Å². The number of ether oxygens (including phenoxy) is 2. The molecule has 1 saturated carbocycles. The third kappa shape index (κ3) is 4.88. The molecule has 9 heteroatoms. The first-order valence-corrected chi connectivity index (χ1v) is 13.3. The molecule has 0 radical (unpaired) electrons. The zero-order chi connectivity index (χ0) is 25.4. The predicted octanol–water partition coefficient (Wildman–Crippen LogP) is 1.31. The Balaban J connectivity index is 1.24. The van der Waals surface area contributed by atoms with Crippen molar-refractivity contribution in [3.8, 4) is 0 Å². The normalized spacial score (nSPS) is 28.2. The first-order chi connectivity index (χ1) is 17.4. The van der Waals surface area contributed by atoms with Crippen LogP contribution in [0.25, 0.3) is 0 Å². The van der Waals surface area contributed by atoms with E-state index in [0.29, 0.717) is 12.0 Å². The number of ketones is 1. The quantitative estimate of drug-likeness (QED) is 0.578. The van der Waals surface area contributed by atoms with E-state index in [9.17, 15) is 14.4 Å². The minimum absolute atomic E-state index is 0.0126. The van der Waals surface area contributed by atoms with Crippen LogP contribution in [0.15, 0.2) is 24.3 Å². The van der Waals surface area contributed by atoms with Gasteiger partial charge in [0.25, 0.3) is 5.91 Å². The van der Waals surface area contributed by atoms with Gasteiger partial charge in [-0.05, 0) is 43.0 Å². The fourth-order valence-electron chi connectivity index (χ4n) is 5.74. The maximum atomic E-state index is 13.6. The van der Waals surface area contributed by atoms with Crippen LogP contribution in [-0.4, -0.2) is 104 Å². The zero-order valence-electron chi connectivity index (χ0n) is 21.5. The molecule has 1 aliphatic carbocycles. The Kier molecular flexibility index (Phi) is 7.32. The van der Waals surface area contributed by atoms with Crippen molar-refractivity contribution in [1.29, 1.82) is 0 Å². The lowest BCUT2D eigenvalue weighted by atomic mass is 9.96. The van der Waals surface area contributed by atoms with E-state index in [4.69, 9.17) is 9.47 Å². The van der Waals surface area contributed by atoms with Gasteiger partial charge in [-0.1, -0.05) is 20.3 Å². The molecular weight excluding hydrogens is 460 g/mol. The lowest BCUT2D eigenvalue weighted by Gasteiger charge is -2.36. The van der Waals surface area contributed by atoms with Gasteiger partial charge in [-0.15, -0.1) is 0 Å². The monoisotopic (exact) mass is 498 g/mol. The van der Waals surface area contributed by atoms with Crippen LogP contribution in [0.1, 0.15) is 43.5 Å². The van der Waals surface area contributed by atoms with E-state index in [1.165, 1.54) is 12.8 Å². The summed E-state index contributed by atoms with van der Waals surface area (Å²) in [6, 6.07) is 7.06. The number of nitrogens with zero attached hydrogens (tertiary/aromatic N) is 3. The van der Waals surface area contributed by atoms with Crippen molar-refractivity contribution in [2.75, 3.05) is 51.3 Å². The average molecular weight is 499 g/mol. The van der Waals surface area contributed by atoms with E-state index in [-0.39, 0.29) is 42.8 Å². The molecule has 3 heterocycles. The van der Waals surface area contributed by atoms with Gasteiger partial charge in [0.05, 0.1) is 6.54 Å². The molecule has 4 fully saturated rings. The van der Waals surface area contributed by atoms with Gasteiger partial charge in [0.15, 0.2) is 5.78 Å². The number of carbonyl (C=O) groups excluding carboxylic acids is 3. The van der Waals surface area contributed by atoms with E-state index >= 15 is 0 Å². The highest BCUT2D eigenvalue weighted by Crippen LogP contribution is 2.31. The highest BCUT2D eigenvalue weighted by Gasteiger charge is 2.53. The Bertz CT molecular complexity index is 973. The van der Waals surface area contributed by atoms with Crippen LogP contribution in [0.3, 0.4) is 0 Å². The molecule has 5 atom stereocenters. The van der Waals surface area contributed by atoms with Gasteiger partial charge in [0, 0.05) is 50.6 Å². The molecule has 0 bridgehead atoms. The second-order valence-corrected chi connectivity index (χ2v) is 10.6. The molecule has 1 aromatic rings. The van der Waals surface area contributed by atoms with Gasteiger partial charge in [0.2, 0.25) is 5.91 Å². The summed E-state index contributed by atoms with van der Waals surface area (Å²) in [4.78, 5) is 45.8. The van der Waals surface area contributed by atoms with E-state index in [2.05, 4.69) is 15.1 Å². The van der Waals surface area contributed by atoms with Crippen LogP contribution in [0.5, 0.6) is 0 Å². The van der Waals surface area contributed by atoms with Crippen molar-refractivity contribution in [1.82, 2.24) is 15.1 Å². The van der Waals surface area contributed by atoms with E-state index in [1.54, 1.807) is 12.0 Å². The van der Waals surface area contributed by atoms with Gasteiger partial charge < -0.3 is 24.6 Å². The number of carbonyl (C=O) groups is 3. The van der Waals surface area contributed by atoms with Crippen molar-refractivity contribution in [3.63, 3.8) is 0 Å². The van der Waals surface area contributed by atoms with Crippen LogP contribution < -0.4 is 10.2 Å². The van der Waals surface area contributed by atoms with Crippen molar-refractivity contribution >= 4 is 23.3 Å². The number of anilines is 1. The fraction of sp³-hybridized carbons (Fsp3) is 0.667. The van der Waals surface area contributed by atoms with Crippen molar-refractivity contribution in [2.45, 2.75) is 63.4 Å². The first kappa shape index (κ1) is 25.2. The van der Waals surface area contributed by atoms with Crippen LogP contribution in [-0.2, 0) is 19.1 Å². The fourth-order valence-corrected chi connectivity index (χ4v) is 5.74. The minimum atomic E-state index is -0.734. The first-order valence-electron chi connectivity index (χ1n) is 13.3. The van der Waals surface area contributed by atoms with Crippen molar-refractivity contribution in [3.05, 3.63) is 29.8 Å². The largest absolute Gasteiger partial charge is 0.377 e. The van der Waals surface area contributed by atoms with Gasteiger partial charge in [-0.2, -0.15) is 0 Å². The van der Waals surface area contributed by atoms with E-state index in [1.807, 2.05) is 38.1 Å². The van der Waals surface area contributed by atoms with Gasteiger partial charge >= 0.3 is 0 Å². The van der Waals surface area contributed by atoms with Gasteiger partial charge in [-0.25, -0.2) is 0 Å². The number of rotatable bonds is 8. The number of piperazine rings is 1. The number of amides is 2. The molecule has 0 unspecified atom stereocenters. The SMILES string of the molecule is CC[C@H](C)[C@H](NC(=O)c1ccc(N2CCN(C3CC3)CC2)cc1)C(=O)N1C[C@@H](OC)[C@H]2OCC(=O)[C@H]21. The third-order valence-electron chi connectivity index (χ3n) is 8.36. The number of nitrogens with one attached hydrogen (secondary N) is 1. The molecule has 1 aromatic carbocycles. The molecular formula is C27H38N4O5. The maximum absolute atomic E-state index is 13.6. The number of methoxy groups -OCH3 is 1. The number of likely N-dealkylation sites (tertiary alicyclic amines) is 1. The number of benzene rings is 1. The standard InChI is InChI=1S/C27H38N4O5/c1-4-17(2)23(27(34)31-15-22(35-3)25-24(31)21(32)16-36-25)28-26(33)18-5-7-19(8-6-18)29-11-13-30(14-12-29)20-9-10-20/h5-8,17,20,22-25H,4,9-16H2,1-3H3,(H,28,33)/t17-,22+,23-,24+,25+/m0/s1. The summed E-state index contributed by atoms with van der Waals surface area (Å²) < 4.78 is 11.1. The maximum Gasteiger partial charge on any atom is 0.251 e. The van der Waals surface area contributed by atoms with Crippen LogP contribution in [0.4, 0.5) is 5.69 Å². The lowest BCUT2D eigenvalue weighted by molar-refractivity contribution is -0.139. The average Bonchev–Trinajstić information content (AvgIpc) is 3.60. The zero-order valence-corrected chi connectivity index (χ0v) is 21.5. The Morgan fingerprint density at radius 1 is 1.14 bits per heavy atom. The molecule has 9 nitrogen and oxygen atoms in total. The number of hydrogen-bond donors (Lipinski definition) is 1. The molecule has 1 N–H and O–H groups in total. The summed E-state index contributed by atoms with van der Waals surface area (Å²) in [6.45, 7) is 8.36.